The molecule has 0 aliphatic carbocycles. The Bertz CT molecular complexity index is 404. The summed E-state index contributed by atoms with van der Waals surface area (Å²) in [5.74, 6) is -0.109. The minimum Gasteiger partial charge on any atom is -0.481 e. The molecule has 0 saturated carbocycles. The number of hydrogen-bond acceptors (Lipinski definition) is 4. The zero-order chi connectivity index (χ0) is 16.7. The maximum Gasteiger partial charge on any atom is 0.313 e. The lowest BCUT2D eigenvalue weighted by Gasteiger charge is -2.39. The molecule has 0 aromatic rings. The Balaban J connectivity index is 1.80. The molecule has 1 N–H and O–H groups in total. The Hall–Kier alpha value is -1.14. The van der Waals surface area contributed by atoms with Crippen LogP contribution in [0.25, 0.3) is 0 Å². The molecule has 132 valence electrons. The highest BCUT2D eigenvalue weighted by atomic mass is 16.5. The highest BCUT2D eigenvalue weighted by molar-refractivity contribution is 5.79. The first-order chi connectivity index (χ1) is 11.1. The van der Waals surface area contributed by atoms with E-state index in [4.69, 9.17) is 9.47 Å². The van der Waals surface area contributed by atoms with Crippen LogP contribution < -0.4 is 0 Å². The number of nitrogens with zero attached hydrogens (tertiary/aromatic N) is 1. The van der Waals surface area contributed by atoms with E-state index in [0.29, 0.717) is 25.3 Å². The Morgan fingerprint density at radius 3 is 2.74 bits per heavy atom. The third kappa shape index (κ3) is 4.91. The van der Waals surface area contributed by atoms with E-state index in [1.165, 1.54) is 7.11 Å². The van der Waals surface area contributed by atoms with Crippen molar-refractivity contribution in [3.63, 3.8) is 0 Å². The normalized spacial score (nSPS) is 26.2. The molecule has 2 rings (SSSR count). The highest BCUT2D eigenvalue weighted by Gasteiger charge is 2.43. The SMILES string of the molecule is COCC1(C(=O)O)CCCN(C(=O)CCCC2CCOCC2)C1. The van der Waals surface area contributed by atoms with Crippen molar-refractivity contribution < 1.29 is 24.2 Å². The second-order valence-corrected chi connectivity index (χ2v) is 6.89. The van der Waals surface area contributed by atoms with Crippen molar-refractivity contribution in [1.29, 1.82) is 0 Å². The molecule has 2 aliphatic rings. The molecule has 0 aromatic carbocycles. The van der Waals surface area contributed by atoms with Gasteiger partial charge in [0, 0.05) is 39.8 Å². The maximum absolute atomic E-state index is 12.4. The van der Waals surface area contributed by atoms with Gasteiger partial charge in [0.1, 0.15) is 5.41 Å². The van der Waals surface area contributed by atoms with Gasteiger partial charge in [-0.1, -0.05) is 0 Å². The van der Waals surface area contributed by atoms with Gasteiger partial charge < -0.3 is 19.5 Å². The zero-order valence-corrected chi connectivity index (χ0v) is 14.1. The number of carbonyl (C=O) groups excluding carboxylic acids is 1. The number of rotatable bonds is 7. The molecule has 1 atom stereocenters. The Morgan fingerprint density at radius 1 is 1.35 bits per heavy atom. The molecule has 0 spiro atoms. The summed E-state index contributed by atoms with van der Waals surface area (Å²) in [4.78, 5) is 25.8. The van der Waals surface area contributed by atoms with E-state index >= 15 is 0 Å². The molecule has 2 saturated heterocycles. The number of amides is 1. The van der Waals surface area contributed by atoms with Crippen LogP contribution in [0.15, 0.2) is 0 Å². The van der Waals surface area contributed by atoms with Gasteiger partial charge in [-0.2, -0.15) is 0 Å². The van der Waals surface area contributed by atoms with Gasteiger partial charge in [0.05, 0.1) is 6.61 Å². The first-order valence-corrected chi connectivity index (χ1v) is 8.65. The largest absolute Gasteiger partial charge is 0.481 e. The van der Waals surface area contributed by atoms with Gasteiger partial charge in [-0.3, -0.25) is 9.59 Å². The van der Waals surface area contributed by atoms with E-state index in [2.05, 4.69) is 0 Å². The van der Waals surface area contributed by atoms with Gasteiger partial charge in [-0.25, -0.2) is 0 Å². The van der Waals surface area contributed by atoms with E-state index < -0.39 is 11.4 Å². The van der Waals surface area contributed by atoms with Crippen molar-refractivity contribution in [2.45, 2.75) is 44.9 Å². The van der Waals surface area contributed by atoms with Crippen LogP contribution in [-0.2, 0) is 19.1 Å². The number of piperidine rings is 1. The quantitative estimate of drug-likeness (QED) is 0.773. The summed E-state index contributed by atoms with van der Waals surface area (Å²) in [6.07, 6.45) is 5.93. The Labute approximate surface area is 138 Å². The fraction of sp³-hybridized carbons (Fsp3) is 0.882. The maximum atomic E-state index is 12.4. The number of hydrogen-bond donors (Lipinski definition) is 1. The number of aliphatic carboxylic acids is 1. The summed E-state index contributed by atoms with van der Waals surface area (Å²) in [7, 11) is 1.51. The first kappa shape index (κ1) is 18.2. The fourth-order valence-corrected chi connectivity index (χ4v) is 3.71. The molecular weight excluding hydrogens is 298 g/mol. The predicted molar refractivity (Wildman–Crippen MR) is 85.2 cm³/mol. The van der Waals surface area contributed by atoms with Crippen molar-refractivity contribution in [2.75, 3.05) is 40.0 Å². The van der Waals surface area contributed by atoms with Gasteiger partial charge in [0.25, 0.3) is 0 Å². The fourth-order valence-electron chi connectivity index (χ4n) is 3.71. The Morgan fingerprint density at radius 2 is 2.09 bits per heavy atom. The highest BCUT2D eigenvalue weighted by Crippen LogP contribution is 2.31. The van der Waals surface area contributed by atoms with Gasteiger partial charge in [-0.15, -0.1) is 0 Å². The van der Waals surface area contributed by atoms with Crippen LogP contribution >= 0.6 is 0 Å². The van der Waals surface area contributed by atoms with Crippen LogP contribution in [0.3, 0.4) is 0 Å². The first-order valence-electron chi connectivity index (χ1n) is 8.65. The lowest BCUT2D eigenvalue weighted by atomic mass is 9.80. The van der Waals surface area contributed by atoms with Gasteiger partial charge >= 0.3 is 5.97 Å². The van der Waals surface area contributed by atoms with E-state index in [9.17, 15) is 14.7 Å². The van der Waals surface area contributed by atoms with E-state index in [1.807, 2.05) is 0 Å². The number of carbonyl (C=O) groups is 2. The van der Waals surface area contributed by atoms with Crippen molar-refractivity contribution in [2.24, 2.45) is 11.3 Å². The van der Waals surface area contributed by atoms with Crippen LogP contribution in [0.4, 0.5) is 0 Å². The standard InChI is InChI=1S/C17H29NO5/c1-22-13-17(16(20)21)8-3-9-18(12-17)15(19)5-2-4-14-6-10-23-11-7-14/h14H,2-13H2,1H3,(H,20,21). The molecule has 2 aliphatic heterocycles. The molecule has 6 nitrogen and oxygen atoms in total. The van der Waals surface area contributed by atoms with Crippen LogP contribution in [0.5, 0.6) is 0 Å². The lowest BCUT2D eigenvalue weighted by Crippen LogP contribution is -2.52. The Kier molecular flexibility index (Phi) is 6.84. The number of methoxy groups -OCH3 is 1. The summed E-state index contributed by atoms with van der Waals surface area (Å²) in [6, 6.07) is 0. The molecule has 2 heterocycles. The topological polar surface area (TPSA) is 76.1 Å². The van der Waals surface area contributed by atoms with E-state index in [-0.39, 0.29) is 19.1 Å². The van der Waals surface area contributed by atoms with E-state index in [1.54, 1.807) is 4.90 Å². The molecule has 0 aromatic heterocycles. The lowest BCUT2D eigenvalue weighted by molar-refractivity contribution is -0.159. The van der Waals surface area contributed by atoms with Crippen molar-refractivity contribution in [3.8, 4) is 0 Å². The third-order valence-corrected chi connectivity index (χ3v) is 5.15. The minimum atomic E-state index is -0.941. The van der Waals surface area contributed by atoms with Crippen molar-refractivity contribution >= 4 is 11.9 Å². The number of ether oxygens (including phenoxy) is 2. The molecule has 6 heteroatoms. The summed E-state index contributed by atoms with van der Waals surface area (Å²) in [5, 5.41) is 9.54. The second-order valence-electron chi connectivity index (χ2n) is 6.89. The molecule has 2 fully saturated rings. The molecule has 0 bridgehead atoms. The van der Waals surface area contributed by atoms with Crippen LogP contribution in [0, 0.1) is 11.3 Å². The monoisotopic (exact) mass is 327 g/mol. The van der Waals surface area contributed by atoms with Gasteiger partial charge in [0.15, 0.2) is 0 Å². The van der Waals surface area contributed by atoms with Crippen LogP contribution in [-0.4, -0.2) is 61.9 Å². The summed E-state index contributed by atoms with van der Waals surface area (Å²) < 4.78 is 10.5. The van der Waals surface area contributed by atoms with E-state index in [0.717, 1.165) is 45.3 Å². The summed E-state index contributed by atoms with van der Waals surface area (Å²) in [5.41, 5.74) is -0.941. The van der Waals surface area contributed by atoms with Gasteiger partial charge in [0.2, 0.25) is 5.91 Å². The smallest absolute Gasteiger partial charge is 0.313 e. The minimum absolute atomic E-state index is 0.0819. The van der Waals surface area contributed by atoms with Crippen LogP contribution in [0.1, 0.15) is 44.9 Å². The number of carboxylic acid groups (broad SMARTS) is 1. The van der Waals surface area contributed by atoms with Gasteiger partial charge in [-0.05, 0) is 44.4 Å². The predicted octanol–water partition coefficient (Wildman–Crippen LogP) is 1.92. The molecule has 1 unspecified atom stereocenters. The number of likely N-dealkylation sites (tertiary alicyclic amines) is 1. The van der Waals surface area contributed by atoms with Crippen molar-refractivity contribution in [1.82, 2.24) is 4.90 Å². The summed E-state index contributed by atoms with van der Waals surface area (Å²) >= 11 is 0. The average Bonchev–Trinajstić information content (AvgIpc) is 2.56. The van der Waals surface area contributed by atoms with Crippen LogP contribution in [0.2, 0.25) is 0 Å². The third-order valence-electron chi connectivity index (χ3n) is 5.15. The zero-order valence-electron chi connectivity index (χ0n) is 14.1. The number of carboxylic acids is 1. The second kappa shape index (κ2) is 8.64. The molecule has 0 radical (unpaired) electrons. The average molecular weight is 327 g/mol. The summed E-state index contributed by atoms with van der Waals surface area (Å²) in [6.45, 7) is 2.76. The molecule has 1 amide bonds. The molecular formula is C17H29NO5. The van der Waals surface area contributed by atoms with Crippen molar-refractivity contribution in [3.05, 3.63) is 0 Å². The molecule has 23 heavy (non-hydrogen) atoms.